The molecule has 1 aliphatic rings. The van der Waals surface area contributed by atoms with Crippen molar-refractivity contribution in [3.05, 3.63) is 34.9 Å². The van der Waals surface area contributed by atoms with Crippen LogP contribution in [-0.4, -0.2) is 46.8 Å². The first kappa shape index (κ1) is 19.5. The smallest absolute Gasteiger partial charge is 0.407 e. The number of carbonyl (C=O) groups excluding carboxylic acids is 1. The molecule has 1 atom stereocenters. The van der Waals surface area contributed by atoms with E-state index in [-0.39, 0.29) is 6.04 Å². The van der Waals surface area contributed by atoms with Crippen LogP contribution >= 0.6 is 11.6 Å². The van der Waals surface area contributed by atoms with Crippen LogP contribution in [0.1, 0.15) is 45.2 Å². The Morgan fingerprint density at radius 1 is 1.24 bits per heavy atom. The van der Waals surface area contributed by atoms with Crippen LogP contribution in [0.4, 0.5) is 4.79 Å². The summed E-state index contributed by atoms with van der Waals surface area (Å²) in [6, 6.07) is 6.16. The summed E-state index contributed by atoms with van der Waals surface area (Å²) >= 11 is 5.88. The number of amides is 1. The Balaban J connectivity index is 1.94. The second-order valence-corrected chi connectivity index (χ2v) is 7.69. The van der Waals surface area contributed by atoms with Gasteiger partial charge in [-0.15, -0.1) is 0 Å². The molecule has 1 aromatic rings. The fourth-order valence-corrected chi connectivity index (χ4v) is 3.06. The Morgan fingerprint density at radius 3 is 2.28 bits per heavy atom. The molecule has 0 aliphatic carbocycles. The van der Waals surface area contributed by atoms with E-state index in [1.807, 2.05) is 25.7 Å². The molecule has 138 valence electrons. The number of nitrogens with zero attached hydrogens (tertiary/aromatic N) is 1. The molecule has 0 spiro atoms. The number of ether oxygens (including phenoxy) is 1. The van der Waals surface area contributed by atoms with Gasteiger partial charge in [0.1, 0.15) is 11.6 Å². The van der Waals surface area contributed by atoms with Gasteiger partial charge in [0.25, 0.3) is 0 Å². The molecule has 1 heterocycles. The lowest BCUT2D eigenvalue weighted by atomic mass is 9.99. The molecule has 1 saturated heterocycles. The van der Waals surface area contributed by atoms with Gasteiger partial charge in [0.2, 0.25) is 0 Å². The lowest BCUT2D eigenvalue weighted by Crippen LogP contribution is -2.48. The molecule has 0 radical (unpaired) electrons. The molecule has 1 unspecified atom stereocenters. The molecule has 0 aromatic heterocycles. The highest BCUT2D eigenvalue weighted by molar-refractivity contribution is 6.30. The number of alkyl carbamates (subject to hydrolysis) is 1. The number of benzene rings is 1. The van der Waals surface area contributed by atoms with E-state index in [9.17, 15) is 14.7 Å². The minimum absolute atomic E-state index is 0.00855. The van der Waals surface area contributed by atoms with Crippen molar-refractivity contribution in [1.82, 2.24) is 10.2 Å². The van der Waals surface area contributed by atoms with Gasteiger partial charge in [-0.1, -0.05) is 23.7 Å². The fourth-order valence-electron chi connectivity index (χ4n) is 2.93. The van der Waals surface area contributed by atoms with Crippen molar-refractivity contribution in [1.29, 1.82) is 0 Å². The number of carboxylic acids is 1. The third-order valence-electron chi connectivity index (χ3n) is 4.04. The fraction of sp³-hybridized carbons (Fsp3) is 0.556. The average Bonchev–Trinajstić information content (AvgIpc) is 2.49. The van der Waals surface area contributed by atoms with Gasteiger partial charge < -0.3 is 15.2 Å². The van der Waals surface area contributed by atoms with E-state index in [0.29, 0.717) is 36.5 Å². The SMILES string of the molecule is CC(C)(C)OC(=O)NC1CCN(C(C(=O)O)c2ccc(Cl)cc2)CC1. The number of likely N-dealkylation sites (tertiary alicyclic amines) is 1. The second-order valence-electron chi connectivity index (χ2n) is 7.25. The predicted molar refractivity (Wildman–Crippen MR) is 95.8 cm³/mol. The first-order valence-electron chi connectivity index (χ1n) is 8.37. The van der Waals surface area contributed by atoms with E-state index in [1.165, 1.54) is 0 Å². The van der Waals surface area contributed by atoms with Crippen LogP contribution in [-0.2, 0) is 9.53 Å². The van der Waals surface area contributed by atoms with Gasteiger partial charge in [-0.25, -0.2) is 4.79 Å². The number of aliphatic carboxylic acids is 1. The summed E-state index contributed by atoms with van der Waals surface area (Å²) in [5.41, 5.74) is 0.170. The van der Waals surface area contributed by atoms with Crippen molar-refractivity contribution in [2.75, 3.05) is 13.1 Å². The largest absolute Gasteiger partial charge is 0.480 e. The van der Waals surface area contributed by atoms with Crippen LogP contribution in [0.5, 0.6) is 0 Å². The number of hydrogen-bond acceptors (Lipinski definition) is 4. The van der Waals surface area contributed by atoms with Crippen molar-refractivity contribution in [3.63, 3.8) is 0 Å². The van der Waals surface area contributed by atoms with E-state index in [4.69, 9.17) is 16.3 Å². The van der Waals surface area contributed by atoms with E-state index in [1.54, 1.807) is 24.3 Å². The zero-order valence-corrected chi connectivity index (χ0v) is 15.5. The maximum atomic E-state index is 11.9. The van der Waals surface area contributed by atoms with Crippen molar-refractivity contribution >= 4 is 23.7 Å². The second kappa shape index (κ2) is 8.06. The first-order chi connectivity index (χ1) is 11.7. The van der Waals surface area contributed by atoms with Gasteiger partial charge in [-0.3, -0.25) is 9.69 Å². The highest BCUT2D eigenvalue weighted by Crippen LogP contribution is 2.26. The summed E-state index contributed by atoms with van der Waals surface area (Å²) in [5.74, 6) is -0.888. The number of nitrogens with one attached hydrogen (secondary N) is 1. The third kappa shape index (κ3) is 5.90. The summed E-state index contributed by atoms with van der Waals surface area (Å²) in [7, 11) is 0. The monoisotopic (exact) mass is 368 g/mol. The Morgan fingerprint density at radius 2 is 1.80 bits per heavy atom. The highest BCUT2D eigenvalue weighted by atomic mass is 35.5. The molecule has 1 aliphatic heterocycles. The van der Waals surface area contributed by atoms with Crippen molar-refractivity contribution in [2.24, 2.45) is 0 Å². The predicted octanol–water partition coefficient (Wildman–Crippen LogP) is 3.45. The molecular weight excluding hydrogens is 344 g/mol. The Labute approximate surface area is 153 Å². The summed E-state index contributed by atoms with van der Waals surface area (Å²) in [6.45, 7) is 6.62. The van der Waals surface area contributed by atoms with Gasteiger partial charge in [-0.05, 0) is 51.3 Å². The van der Waals surface area contributed by atoms with E-state index in [2.05, 4.69) is 5.32 Å². The Kier molecular flexibility index (Phi) is 6.30. The zero-order valence-electron chi connectivity index (χ0n) is 14.8. The van der Waals surface area contributed by atoms with Crippen molar-refractivity contribution < 1.29 is 19.4 Å². The third-order valence-corrected chi connectivity index (χ3v) is 4.29. The Bertz CT molecular complexity index is 604. The normalized spacial score (nSPS) is 17.8. The lowest BCUT2D eigenvalue weighted by molar-refractivity contribution is -0.144. The number of halogens is 1. The summed E-state index contributed by atoms with van der Waals surface area (Å²) < 4.78 is 5.26. The molecule has 6 nitrogen and oxygen atoms in total. The molecular formula is C18H25ClN2O4. The van der Waals surface area contributed by atoms with E-state index in [0.717, 1.165) is 0 Å². The molecule has 2 N–H and O–H groups in total. The molecule has 2 rings (SSSR count). The molecule has 0 saturated carbocycles. The molecule has 1 aromatic carbocycles. The van der Waals surface area contributed by atoms with Crippen LogP contribution in [0.2, 0.25) is 5.02 Å². The molecule has 7 heteroatoms. The molecule has 25 heavy (non-hydrogen) atoms. The number of piperidine rings is 1. The topological polar surface area (TPSA) is 78.9 Å². The van der Waals surface area contributed by atoms with Crippen molar-refractivity contribution in [3.8, 4) is 0 Å². The van der Waals surface area contributed by atoms with Crippen LogP contribution in [0.3, 0.4) is 0 Å². The summed E-state index contributed by atoms with van der Waals surface area (Å²) in [6.07, 6.45) is 0.922. The van der Waals surface area contributed by atoms with Gasteiger partial charge in [0.05, 0.1) is 0 Å². The first-order valence-corrected chi connectivity index (χ1v) is 8.75. The molecule has 1 amide bonds. The lowest BCUT2D eigenvalue weighted by Gasteiger charge is -2.36. The summed E-state index contributed by atoms with van der Waals surface area (Å²) in [5, 5.41) is 13.1. The van der Waals surface area contributed by atoms with Gasteiger partial charge in [-0.2, -0.15) is 0 Å². The van der Waals surface area contributed by atoms with Gasteiger partial charge in [0, 0.05) is 24.2 Å². The number of hydrogen-bond donors (Lipinski definition) is 2. The quantitative estimate of drug-likeness (QED) is 0.850. The summed E-state index contributed by atoms with van der Waals surface area (Å²) in [4.78, 5) is 25.5. The average molecular weight is 369 g/mol. The number of carboxylic acid groups (broad SMARTS) is 1. The maximum Gasteiger partial charge on any atom is 0.407 e. The van der Waals surface area contributed by atoms with E-state index >= 15 is 0 Å². The standard InChI is InChI=1S/C18H25ClN2O4/c1-18(2,3)25-17(24)20-14-8-10-21(11-9-14)15(16(22)23)12-4-6-13(19)7-5-12/h4-7,14-15H,8-11H2,1-3H3,(H,20,24)(H,22,23). The zero-order chi connectivity index (χ0) is 18.6. The van der Waals surface area contributed by atoms with Gasteiger partial charge in [0.15, 0.2) is 0 Å². The minimum Gasteiger partial charge on any atom is -0.480 e. The van der Waals surface area contributed by atoms with E-state index < -0.39 is 23.7 Å². The Hall–Kier alpha value is -1.79. The van der Waals surface area contributed by atoms with Crippen LogP contribution in [0.25, 0.3) is 0 Å². The van der Waals surface area contributed by atoms with Gasteiger partial charge >= 0.3 is 12.1 Å². The van der Waals surface area contributed by atoms with Crippen LogP contribution in [0.15, 0.2) is 24.3 Å². The number of rotatable bonds is 4. The van der Waals surface area contributed by atoms with Crippen LogP contribution < -0.4 is 5.32 Å². The van der Waals surface area contributed by atoms with Crippen LogP contribution in [0, 0.1) is 0 Å². The maximum absolute atomic E-state index is 11.9. The molecule has 0 bridgehead atoms. The highest BCUT2D eigenvalue weighted by Gasteiger charge is 2.31. The van der Waals surface area contributed by atoms with Crippen molar-refractivity contribution in [2.45, 2.75) is 51.3 Å². The molecule has 1 fully saturated rings. The minimum atomic E-state index is -0.888. The number of carbonyl (C=O) groups is 2.